The van der Waals surface area contributed by atoms with Gasteiger partial charge in [-0.25, -0.2) is 9.48 Å². The van der Waals surface area contributed by atoms with Gasteiger partial charge in [0.15, 0.2) is 5.54 Å². The Morgan fingerprint density at radius 1 is 1.41 bits per heavy atom. The highest BCUT2D eigenvalue weighted by Gasteiger charge is 2.30. The highest BCUT2D eigenvalue weighted by atomic mass is 32.1. The average molecular weight is 396 g/mol. The van der Waals surface area contributed by atoms with Gasteiger partial charge in [-0.2, -0.15) is 0 Å². The topological polar surface area (TPSA) is 116 Å². The molecule has 2 aromatic rings. The predicted octanol–water partition coefficient (Wildman–Crippen LogP) is 1.81. The first kappa shape index (κ1) is 20.8. The molecule has 0 spiro atoms. The molecule has 2 heterocycles. The van der Waals surface area contributed by atoms with Gasteiger partial charge in [0.25, 0.3) is 5.91 Å². The van der Waals surface area contributed by atoms with Crippen LogP contribution in [0.15, 0.2) is 11.6 Å². The molecule has 148 valence electrons. The molecule has 9 nitrogen and oxygen atoms in total. The van der Waals surface area contributed by atoms with E-state index in [0.717, 1.165) is 4.88 Å². The number of carbonyl (C=O) groups excluding carboxylic acids is 1. The van der Waals surface area contributed by atoms with E-state index in [1.165, 1.54) is 16.0 Å². The summed E-state index contributed by atoms with van der Waals surface area (Å²) in [4.78, 5) is 24.3. The van der Waals surface area contributed by atoms with Crippen molar-refractivity contribution in [2.75, 3.05) is 20.3 Å². The largest absolute Gasteiger partial charge is 0.495 e. The van der Waals surface area contributed by atoms with Gasteiger partial charge < -0.3 is 19.9 Å². The van der Waals surface area contributed by atoms with E-state index in [2.05, 4.69) is 15.6 Å². The summed E-state index contributed by atoms with van der Waals surface area (Å²) in [6, 6.07) is 0. The minimum Gasteiger partial charge on any atom is -0.495 e. The Morgan fingerprint density at radius 2 is 2.15 bits per heavy atom. The SMILES string of the molecule is COc1c(C(=O)NCCCOCc2cn(C(C)(C)C(=O)O)nn2)csc1C. The number of aromatic nitrogens is 3. The predicted molar refractivity (Wildman–Crippen MR) is 99.2 cm³/mol. The lowest BCUT2D eigenvalue weighted by atomic mass is 10.1. The van der Waals surface area contributed by atoms with Gasteiger partial charge in [0.05, 0.1) is 25.5 Å². The van der Waals surface area contributed by atoms with Crippen molar-refractivity contribution < 1.29 is 24.2 Å². The summed E-state index contributed by atoms with van der Waals surface area (Å²) >= 11 is 1.47. The van der Waals surface area contributed by atoms with E-state index in [9.17, 15) is 14.7 Å². The lowest BCUT2D eigenvalue weighted by molar-refractivity contribution is -0.146. The summed E-state index contributed by atoms with van der Waals surface area (Å²) in [5.74, 6) is -0.552. The van der Waals surface area contributed by atoms with Gasteiger partial charge >= 0.3 is 5.97 Å². The van der Waals surface area contributed by atoms with Gasteiger partial charge in [0, 0.05) is 23.4 Å². The number of nitrogens with zero attached hydrogens (tertiary/aromatic N) is 3. The molecule has 0 radical (unpaired) electrons. The fourth-order valence-corrected chi connectivity index (χ4v) is 3.05. The number of thiophene rings is 1. The molecule has 0 saturated heterocycles. The Kier molecular flexibility index (Phi) is 6.92. The van der Waals surface area contributed by atoms with Crippen molar-refractivity contribution >= 4 is 23.2 Å². The molecule has 0 aliphatic heterocycles. The van der Waals surface area contributed by atoms with Gasteiger partial charge in [0.2, 0.25) is 0 Å². The van der Waals surface area contributed by atoms with E-state index in [4.69, 9.17) is 9.47 Å². The van der Waals surface area contributed by atoms with E-state index < -0.39 is 11.5 Å². The molecule has 2 aromatic heterocycles. The highest BCUT2D eigenvalue weighted by molar-refractivity contribution is 7.10. The van der Waals surface area contributed by atoms with Crippen LogP contribution in [0, 0.1) is 6.92 Å². The van der Waals surface area contributed by atoms with Crippen molar-refractivity contribution in [1.29, 1.82) is 0 Å². The first-order chi connectivity index (χ1) is 12.8. The summed E-state index contributed by atoms with van der Waals surface area (Å²) in [5.41, 5.74) is -0.0817. The molecule has 2 N–H and O–H groups in total. The minimum absolute atomic E-state index is 0.171. The number of hydrogen-bond donors (Lipinski definition) is 2. The molecule has 0 fully saturated rings. The summed E-state index contributed by atoms with van der Waals surface area (Å²) in [5, 5.41) is 21.5. The standard InChI is InChI=1S/C17H24N4O5S/c1-11-14(25-4)13(10-27-11)15(22)18-6-5-7-26-9-12-8-21(20-19-12)17(2,3)16(23)24/h8,10H,5-7,9H2,1-4H3,(H,18,22)(H,23,24). The number of carbonyl (C=O) groups is 2. The lowest BCUT2D eigenvalue weighted by Gasteiger charge is -2.18. The number of hydrogen-bond acceptors (Lipinski definition) is 7. The van der Waals surface area contributed by atoms with Gasteiger partial charge in [-0.3, -0.25) is 4.79 Å². The lowest BCUT2D eigenvalue weighted by Crippen LogP contribution is -2.36. The third-order valence-corrected chi connectivity index (χ3v) is 4.90. The van der Waals surface area contributed by atoms with Gasteiger partial charge in [-0.15, -0.1) is 16.4 Å². The molecule has 0 bridgehead atoms. The number of aryl methyl sites for hydroxylation is 1. The van der Waals surface area contributed by atoms with E-state index in [1.54, 1.807) is 32.5 Å². The zero-order valence-electron chi connectivity index (χ0n) is 15.8. The number of ether oxygens (including phenoxy) is 2. The van der Waals surface area contributed by atoms with Crippen molar-refractivity contribution in [2.45, 2.75) is 39.3 Å². The average Bonchev–Trinajstić information content (AvgIpc) is 3.24. The van der Waals surface area contributed by atoms with Gasteiger partial charge in [-0.1, -0.05) is 5.21 Å². The van der Waals surface area contributed by atoms with Crippen LogP contribution in [0.25, 0.3) is 0 Å². The second-order valence-electron chi connectivity index (χ2n) is 6.42. The zero-order chi connectivity index (χ0) is 20.0. The van der Waals surface area contributed by atoms with Crippen LogP contribution in [-0.4, -0.2) is 52.2 Å². The van der Waals surface area contributed by atoms with Crippen molar-refractivity contribution in [1.82, 2.24) is 20.3 Å². The zero-order valence-corrected chi connectivity index (χ0v) is 16.6. The van der Waals surface area contributed by atoms with Crippen molar-refractivity contribution in [2.24, 2.45) is 0 Å². The second-order valence-corrected chi connectivity index (χ2v) is 7.50. The van der Waals surface area contributed by atoms with Crippen molar-refractivity contribution in [3.8, 4) is 5.75 Å². The number of amides is 1. The molecule has 2 rings (SSSR count). The molecule has 0 atom stereocenters. The molecule has 0 aliphatic carbocycles. The normalized spacial score (nSPS) is 11.4. The van der Waals surface area contributed by atoms with Crippen molar-refractivity contribution in [3.63, 3.8) is 0 Å². The summed E-state index contributed by atoms with van der Waals surface area (Å²) in [7, 11) is 1.55. The number of methoxy groups -OCH3 is 1. The van der Waals surface area contributed by atoms with Gasteiger partial charge in [0.1, 0.15) is 11.4 Å². The Morgan fingerprint density at radius 3 is 2.81 bits per heavy atom. The third-order valence-electron chi connectivity index (χ3n) is 4.00. The maximum absolute atomic E-state index is 12.1. The van der Waals surface area contributed by atoms with Crippen LogP contribution in [-0.2, 0) is 21.7 Å². The Balaban J connectivity index is 1.70. The van der Waals surface area contributed by atoms with E-state index >= 15 is 0 Å². The van der Waals surface area contributed by atoms with Crippen LogP contribution in [0.4, 0.5) is 0 Å². The molecule has 0 aromatic carbocycles. The molecule has 0 saturated carbocycles. The van der Waals surface area contributed by atoms with Crippen LogP contribution >= 0.6 is 11.3 Å². The first-order valence-corrected chi connectivity index (χ1v) is 9.28. The smallest absolute Gasteiger partial charge is 0.331 e. The second kappa shape index (κ2) is 8.96. The summed E-state index contributed by atoms with van der Waals surface area (Å²) in [6.07, 6.45) is 2.19. The Bertz CT molecular complexity index is 799. The molecule has 10 heteroatoms. The molecular formula is C17H24N4O5S. The minimum atomic E-state index is -1.17. The van der Waals surface area contributed by atoms with E-state index in [-0.39, 0.29) is 12.5 Å². The monoisotopic (exact) mass is 396 g/mol. The van der Waals surface area contributed by atoms with Crippen LogP contribution in [0.3, 0.4) is 0 Å². The van der Waals surface area contributed by atoms with E-state index in [0.29, 0.717) is 36.6 Å². The summed E-state index contributed by atoms with van der Waals surface area (Å²) < 4.78 is 12.0. The molecule has 0 unspecified atom stereocenters. The summed E-state index contributed by atoms with van der Waals surface area (Å²) in [6.45, 7) is 6.11. The van der Waals surface area contributed by atoms with Crippen LogP contribution in [0.2, 0.25) is 0 Å². The van der Waals surface area contributed by atoms with Crippen LogP contribution < -0.4 is 10.1 Å². The Labute approximate surface area is 161 Å². The van der Waals surface area contributed by atoms with E-state index in [1.807, 2.05) is 6.92 Å². The third kappa shape index (κ3) is 5.04. The van der Waals surface area contributed by atoms with Crippen LogP contribution in [0.1, 0.15) is 41.2 Å². The number of aliphatic carboxylic acids is 1. The fourth-order valence-electron chi connectivity index (χ4n) is 2.24. The fraction of sp³-hybridized carbons (Fsp3) is 0.529. The van der Waals surface area contributed by atoms with Crippen LogP contribution in [0.5, 0.6) is 5.75 Å². The number of carboxylic acids is 1. The maximum Gasteiger partial charge on any atom is 0.331 e. The maximum atomic E-state index is 12.1. The number of carboxylic acid groups (broad SMARTS) is 1. The highest BCUT2D eigenvalue weighted by Crippen LogP contribution is 2.29. The molecule has 1 amide bonds. The molecule has 27 heavy (non-hydrogen) atoms. The van der Waals surface area contributed by atoms with Gasteiger partial charge in [-0.05, 0) is 27.2 Å². The number of rotatable bonds is 10. The first-order valence-electron chi connectivity index (χ1n) is 8.40. The van der Waals surface area contributed by atoms with Crippen molar-refractivity contribution in [3.05, 3.63) is 27.7 Å². The number of nitrogens with one attached hydrogen (secondary N) is 1. The quantitative estimate of drug-likeness (QED) is 0.589. The molecule has 0 aliphatic rings. The Hall–Kier alpha value is -2.46. The molecular weight excluding hydrogens is 372 g/mol.